The van der Waals surface area contributed by atoms with E-state index in [0.717, 1.165) is 23.4 Å². The summed E-state index contributed by atoms with van der Waals surface area (Å²) in [6.07, 6.45) is 1.68. The van der Waals surface area contributed by atoms with Crippen molar-refractivity contribution in [2.75, 3.05) is 13.8 Å². The summed E-state index contributed by atoms with van der Waals surface area (Å²) in [5, 5.41) is 2.06. The zero-order valence-electron chi connectivity index (χ0n) is 16.8. The van der Waals surface area contributed by atoms with Gasteiger partial charge in [-0.15, -0.1) is 11.3 Å². The van der Waals surface area contributed by atoms with Gasteiger partial charge in [0.1, 0.15) is 18.2 Å². The molecule has 7 heteroatoms. The van der Waals surface area contributed by atoms with Gasteiger partial charge in [-0.3, -0.25) is 9.69 Å². The van der Waals surface area contributed by atoms with Crippen LogP contribution in [-0.4, -0.2) is 30.5 Å². The molecule has 0 saturated heterocycles. The number of thiophene rings is 1. The van der Waals surface area contributed by atoms with Crippen LogP contribution >= 0.6 is 11.3 Å². The van der Waals surface area contributed by atoms with Crippen LogP contribution in [0.1, 0.15) is 36.7 Å². The molecule has 6 nitrogen and oxygen atoms in total. The molecule has 2 aliphatic rings. The second-order valence-corrected chi connectivity index (χ2v) is 8.34. The molecule has 0 atom stereocenters. The molecule has 0 amide bonds. The Morgan fingerprint density at radius 2 is 2.03 bits per heavy atom. The lowest BCUT2D eigenvalue weighted by molar-refractivity contribution is 0.0600. The molecule has 0 saturated carbocycles. The summed E-state index contributed by atoms with van der Waals surface area (Å²) in [5.74, 6) is 1.00. The Labute approximate surface area is 183 Å². The van der Waals surface area contributed by atoms with E-state index in [-0.39, 0.29) is 11.5 Å². The molecule has 31 heavy (non-hydrogen) atoms. The van der Waals surface area contributed by atoms with Crippen molar-refractivity contribution in [3.05, 3.63) is 86.8 Å². The summed E-state index contributed by atoms with van der Waals surface area (Å²) in [7, 11) is 1.34. The van der Waals surface area contributed by atoms with Crippen LogP contribution in [0.15, 0.2) is 59.7 Å². The molecule has 0 N–H and O–H groups in total. The third-order valence-electron chi connectivity index (χ3n) is 5.27. The first-order valence-corrected chi connectivity index (χ1v) is 10.7. The molecule has 2 aliphatic heterocycles. The monoisotopic (exact) mass is 433 g/mol. The third-order valence-corrected chi connectivity index (χ3v) is 6.13. The van der Waals surface area contributed by atoms with Gasteiger partial charge in [0.05, 0.1) is 23.8 Å². The largest absolute Gasteiger partial charge is 0.478 e. The number of fused-ring (bicyclic) bond motifs is 3. The molecule has 0 radical (unpaired) electrons. The SMILES string of the molecule is COC(=O)c1ccc(/C=C2\Oc3c(ccc4c3CN(Cc3cccs3)CO4)C2=O)cc1. The number of allylic oxidation sites excluding steroid dienone is 1. The number of Topliss-reactive ketones (excluding diaryl/α,β-unsaturated/α-hetero) is 1. The van der Waals surface area contributed by atoms with Crippen molar-refractivity contribution in [1.82, 2.24) is 4.90 Å². The Bertz CT molecular complexity index is 1180. The third kappa shape index (κ3) is 3.73. The van der Waals surface area contributed by atoms with Crippen molar-refractivity contribution >= 4 is 29.2 Å². The van der Waals surface area contributed by atoms with Crippen molar-refractivity contribution in [2.24, 2.45) is 0 Å². The molecule has 156 valence electrons. The normalized spacial score (nSPS) is 16.4. The number of ketones is 1. The zero-order valence-corrected chi connectivity index (χ0v) is 17.6. The van der Waals surface area contributed by atoms with Gasteiger partial charge in [0.15, 0.2) is 5.76 Å². The number of ether oxygens (including phenoxy) is 3. The fraction of sp³-hybridized carbons (Fsp3) is 0.167. The van der Waals surface area contributed by atoms with Crippen molar-refractivity contribution in [1.29, 1.82) is 0 Å². The van der Waals surface area contributed by atoms with E-state index in [1.807, 2.05) is 12.1 Å². The van der Waals surface area contributed by atoms with Gasteiger partial charge in [-0.1, -0.05) is 18.2 Å². The molecule has 0 aliphatic carbocycles. The number of nitrogens with zero attached hydrogens (tertiary/aromatic N) is 1. The molecule has 3 aromatic rings. The van der Waals surface area contributed by atoms with Gasteiger partial charge in [-0.05, 0) is 47.4 Å². The Morgan fingerprint density at radius 1 is 1.19 bits per heavy atom. The minimum Gasteiger partial charge on any atom is -0.478 e. The van der Waals surface area contributed by atoms with E-state index < -0.39 is 5.97 Å². The van der Waals surface area contributed by atoms with E-state index in [1.165, 1.54) is 12.0 Å². The molecule has 2 aromatic carbocycles. The number of hydrogen-bond acceptors (Lipinski definition) is 7. The van der Waals surface area contributed by atoms with Gasteiger partial charge in [0.2, 0.25) is 5.78 Å². The van der Waals surface area contributed by atoms with Gasteiger partial charge < -0.3 is 14.2 Å². The van der Waals surface area contributed by atoms with Crippen LogP contribution in [0.2, 0.25) is 0 Å². The minimum absolute atomic E-state index is 0.162. The standard InChI is InChI=1S/C24H19NO5S/c1-28-24(27)16-6-4-15(5-7-16)11-21-22(26)18-8-9-20-19(23(18)30-21)13-25(14-29-20)12-17-3-2-10-31-17/h2-11H,12-14H2,1H3/b21-11-. The maximum Gasteiger partial charge on any atom is 0.337 e. The van der Waals surface area contributed by atoms with Crippen LogP contribution in [0.5, 0.6) is 11.5 Å². The first-order valence-electron chi connectivity index (χ1n) is 9.78. The summed E-state index contributed by atoms with van der Waals surface area (Å²) in [4.78, 5) is 28.0. The van der Waals surface area contributed by atoms with Crippen LogP contribution in [0, 0.1) is 0 Å². The Kier molecular flexibility index (Phi) is 5.05. The highest BCUT2D eigenvalue weighted by molar-refractivity contribution is 7.09. The van der Waals surface area contributed by atoms with E-state index in [9.17, 15) is 9.59 Å². The fourth-order valence-electron chi connectivity index (χ4n) is 3.71. The van der Waals surface area contributed by atoms with Crippen molar-refractivity contribution < 1.29 is 23.8 Å². The molecule has 0 spiro atoms. The Balaban J connectivity index is 1.40. The van der Waals surface area contributed by atoms with E-state index in [2.05, 4.69) is 16.3 Å². The molecule has 5 rings (SSSR count). The smallest absolute Gasteiger partial charge is 0.337 e. The van der Waals surface area contributed by atoms with E-state index in [1.54, 1.807) is 47.7 Å². The number of rotatable bonds is 4. The molecular weight excluding hydrogens is 414 g/mol. The average molecular weight is 433 g/mol. The maximum atomic E-state index is 12.9. The summed E-state index contributed by atoms with van der Waals surface area (Å²) < 4.78 is 16.7. The van der Waals surface area contributed by atoms with E-state index >= 15 is 0 Å². The molecular formula is C24H19NO5S. The molecule has 0 bridgehead atoms. The molecule has 3 heterocycles. The quantitative estimate of drug-likeness (QED) is 0.446. The second-order valence-electron chi connectivity index (χ2n) is 7.31. The highest BCUT2D eigenvalue weighted by Gasteiger charge is 2.33. The second kappa shape index (κ2) is 8.02. The summed E-state index contributed by atoms with van der Waals surface area (Å²) in [6.45, 7) is 1.92. The van der Waals surface area contributed by atoms with Gasteiger partial charge >= 0.3 is 5.97 Å². The lowest BCUT2D eigenvalue weighted by atomic mass is 10.0. The molecule has 0 unspecified atom stereocenters. The van der Waals surface area contributed by atoms with Crippen LogP contribution in [0.3, 0.4) is 0 Å². The van der Waals surface area contributed by atoms with Crippen LogP contribution in [0.25, 0.3) is 6.08 Å². The summed E-state index contributed by atoms with van der Waals surface area (Å²) >= 11 is 1.71. The number of benzene rings is 2. The predicted octanol–water partition coefficient (Wildman–Crippen LogP) is 4.50. The van der Waals surface area contributed by atoms with Gasteiger partial charge in [-0.2, -0.15) is 0 Å². The zero-order chi connectivity index (χ0) is 21.4. The number of carbonyl (C=O) groups excluding carboxylic acids is 2. The predicted molar refractivity (Wildman–Crippen MR) is 116 cm³/mol. The molecule has 1 aromatic heterocycles. The first-order chi connectivity index (χ1) is 15.1. The van der Waals surface area contributed by atoms with Crippen LogP contribution < -0.4 is 9.47 Å². The van der Waals surface area contributed by atoms with Crippen molar-refractivity contribution in [3.63, 3.8) is 0 Å². The highest BCUT2D eigenvalue weighted by Crippen LogP contribution is 2.42. The van der Waals surface area contributed by atoms with Gasteiger partial charge in [0, 0.05) is 18.0 Å². The van der Waals surface area contributed by atoms with Gasteiger partial charge in [0.25, 0.3) is 0 Å². The van der Waals surface area contributed by atoms with Crippen molar-refractivity contribution in [2.45, 2.75) is 13.1 Å². The molecule has 0 fully saturated rings. The maximum absolute atomic E-state index is 12.9. The van der Waals surface area contributed by atoms with Crippen LogP contribution in [0.4, 0.5) is 0 Å². The minimum atomic E-state index is -0.404. The Morgan fingerprint density at radius 3 is 2.77 bits per heavy atom. The number of hydrogen-bond donors (Lipinski definition) is 0. The van der Waals surface area contributed by atoms with E-state index in [4.69, 9.17) is 14.2 Å². The topological polar surface area (TPSA) is 65.1 Å². The summed E-state index contributed by atoms with van der Waals surface area (Å²) in [6, 6.07) is 14.5. The van der Waals surface area contributed by atoms with Gasteiger partial charge in [-0.25, -0.2) is 4.79 Å². The Hall–Kier alpha value is -3.42. The lowest BCUT2D eigenvalue weighted by Gasteiger charge is -2.29. The van der Waals surface area contributed by atoms with E-state index in [0.29, 0.717) is 30.2 Å². The number of esters is 1. The average Bonchev–Trinajstić information content (AvgIpc) is 3.42. The lowest BCUT2D eigenvalue weighted by Crippen LogP contribution is -2.31. The number of methoxy groups -OCH3 is 1. The fourth-order valence-corrected chi connectivity index (χ4v) is 4.46. The first kappa shape index (κ1) is 19.5. The van der Waals surface area contributed by atoms with Crippen molar-refractivity contribution in [3.8, 4) is 11.5 Å². The summed E-state index contributed by atoms with van der Waals surface area (Å²) in [5.41, 5.74) is 2.63. The highest BCUT2D eigenvalue weighted by atomic mass is 32.1. The number of carbonyl (C=O) groups is 2. The van der Waals surface area contributed by atoms with Crippen LogP contribution in [-0.2, 0) is 17.8 Å².